The van der Waals surface area contributed by atoms with Gasteiger partial charge in [0.2, 0.25) is 0 Å². The van der Waals surface area contributed by atoms with Crippen LogP contribution in [-0.2, 0) is 28.6 Å². The Morgan fingerprint density at radius 2 is 0.683 bits per heavy atom. The van der Waals surface area contributed by atoms with Gasteiger partial charge in [-0.05, 0) is 89.9 Å². The molecule has 6 nitrogen and oxygen atoms in total. The number of allylic oxidation sites excluding steroid dienone is 20. The maximum atomic E-state index is 12.8. The van der Waals surface area contributed by atoms with E-state index in [0.717, 1.165) is 141 Å². The van der Waals surface area contributed by atoms with Gasteiger partial charge in [0.05, 0.1) is 0 Å². The third-order valence-electron chi connectivity index (χ3n) is 9.35. The number of rotatable bonds is 40. The first-order valence-corrected chi connectivity index (χ1v) is 23.6. The molecule has 0 spiro atoms. The number of carbonyl (C=O) groups excluding carboxylic acids is 3. The molecule has 0 aromatic rings. The van der Waals surface area contributed by atoms with Gasteiger partial charge in [-0.1, -0.05) is 194 Å². The average molecular weight is 829 g/mol. The summed E-state index contributed by atoms with van der Waals surface area (Å²) in [4.78, 5) is 37.9. The summed E-state index contributed by atoms with van der Waals surface area (Å²) in [6.07, 6.45) is 64.6. The van der Waals surface area contributed by atoms with Crippen LogP contribution < -0.4 is 0 Å². The highest BCUT2D eigenvalue weighted by Gasteiger charge is 2.19. The Hall–Kier alpha value is -4.19. The van der Waals surface area contributed by atoms with Crippen LogP contribution in [0.5, 0.6) is 0 Å². The Morgan fingerprint density at radius 3 is 1.13 bits per heavy atom. The summed E-state index contributed by atoms with van der Waals surface area (Å²) in [5, 5.41) is 0. The summed E-state index contributed by atoms with van der Waals surface area (Å²) >= 11 is 0. The molecule has 60 heavy (non-hydrogen) atoms. The van der Waals surface area contributed by atoms with E-state index in [4.69, 9.17) is 14.2 Å². The van der Waals surface area contributed by atoms with Crippen molar-refractivity contribution in [2.24, 2.45) is 0 Å². The van der Waals surface area contributed by atoms with E-state index in [2.05, 4.69) is 112 Å². The Bertz CT molecular complexity index is 1320. The lowest BCUT2D eigenvalue weighted by Crippen LogP contribution is -2.30. The number of carbonyl (C=O) groups is 3. The number of hydrogen-bond acceptors (Lipinski definition) is 6. The van der Waals surface area contributed by atoms with Crippen molar-refractivity contribution in [1.29, 1.82) is 0 Å². The number of ether oxygens (including phenoxy) is 3. The summed E-state index contributed by atoms with van der Waals surface area (Å²) < 4.78 is 16.7. The first-order valence-electron chi connectivity index (χ1n) is 23.6. The molecule has 0 aromatic carbocycles. The Kier molecular flexibility index (Phi) is 44.2. The molecule has 0 saturated carbocycles. The smallest absolute Gasteiger partial charge is 0.306 e. The van der Waals surface area contributed by atoms with Crippen LogP contribution >= 0.6 is 0 Å². The fraction of sp³-hybridized carbons (Fsp3) is 0.574. The maximum absolute atomic E-state index is 12.8. The molecule has 1 atom stereocenters. The third kappa shape index (κ3) is 44.9. The van der Waals surface area contributed by atoms with Crippen molar-refractivity contribution in [2.45, 2.75) is 187 Å². The lowest BCUT2D eigenvalue weighted by atomic mass is 10.1. The van der Waals surface area contributed by atoms with Gasteiger partial charge in [-0.3, -0.25) is 14.4 Å². The average Bonchev–Trinajstić information content (AvgIpc) is 3.24. The van der Waals surface area contributed by atoms with Crippen LogP contribution in [0.4, 0.5) is 0 Å². The van der Waals surface area contributed by atoms with Gasteiger partial charge in [0.1, 0.15) is 13.2 Å². The quantitative estimate of drug-likeness (QED) is 0.0201. The summed E-state index contributed by atoms with van der Waals surface area (Å²) in [5.41, 5.74) is 0. The van der Waals surface area contributed by atoms with Gasteiger partial charge in [-0.15, -0.1) is 0 Å². The molecule has 0 N–H and O–H groups in total. The van der Waals surface area contributed by atoms with Crippen molar-refractivity contribution in [3.63, 3.8) is 0 Å². The van der Waals surface area contributed by atoms with E-state index < -0.39 is 6.10 Å². The van der Waals surface area contributed by atoms with Crippen molar-refractivity contribution in [3.8, 4) is 0 Å². The van der Waals surface area contributed by atoms with Gasteiger partial charge in [-0.25, -0.2) is 0 Å². The van der Waals surface area contributed by atoms with E-state index in [0.29, 0.717) is 12.8 Å². The lowest BCUT2D eigenvalue weighted by Gasteiger charge is -2.18. The minimum absolute atomic E-state index is 0.110. The molecular formula is C54H84O6. The fourth-order valence-corrected chi connectivity index (χ4v) is 5.88. The molecule has 1 unspecified atom stereocenters. The SMILES string of the molecule is CC\C=C/C=C\C=C/C=C\CCCCCCCC(=O)OCC(COC(=O)CCCCCCC\C=C/C=C\C=C/CC)OC(=O)CCCCCC/C=C\C/C=C\C/C=C\CC. The summed E-state index contributed by atoms with van der Waals surface area (Å²) in [7, 11) is 0. The molecular weight excluding hydrogens is 745 g/mol. The molecule has 0 heterocycles. The standard InChI is InChI=1S/C54H84O6/c1-4-7-10-13-16-19-22-25-27-30-32-35-38-41-44-47-53(56)59-50-51(49-58-52(55)46-43-40-37-34-31-28-24-21-18-15-12-9-6-3)60-54(57)48-45-42-39-36-33-29-26-23-20-17-14-11-8-5-2/h7-13,15-22,24-27,29,51H,4-6,14,23,28,30-50H2,1-3H3/b10-7-,11-8-,12-9-,16-13-,18-15-,20-17-,22-19-,24-21-,27-25-,29-26-. The van der Waals surface area contributed by atoms with Crippen molar-refractivity contribution >= 4 is 17.9 Å². The van der Waals surface area contributed by atoms with Crippen LogP contribution in [0.2, 0.25) is 0 Å². The fourth-order valence-electron chi connectivity index (χ4n) is 5.88. The van der Waals surface area contributed by atoms with E-state index in [-0.39, 0.29) is 37.5 Å². The molecule has 0 aromatic heterocycles. The van der Waals surface area contributed by atoms with Gasteiger partial charge in [0.15, 0.2) is 6.10 Å². The zero-order valence-electron chi connectivity index (χ0n) is 38.2. The maximum Gasteiger partial charge on any atom is 0.306 e. The molecule has 0 bridgehead atoms. The Balaban J connectivity index is 4.53. The number of unbranched alkanes of at least 4 members (excludes halogenated alkanes) is 14. The molecule has 0 aliphatic carbocycles. The van der Waals surface area contributed by atoms with Crippen LogP contribution in [-0.4, -0.2) is 37.2 Å². The van der Waals surface area contributed by atoms with Crippen LogP contribution in [0.1, 0.15) is 181 Å². The largest absolute Gasteiger partial charge is 0.462 e. The topological polar surface area (TPSA) is 78.9 Å². The van der Waals surface area contributed by atoms with E-state index in [1.54, 1.807) is 0 Å². The number of esters is 3. The van der Waals surface area contributed by atoms with E-state index in [1.165, 1.54) is 0 Å². The van der Waals surface area contributed by atoms with Crippen LogP contribution in [0.25, 0.3) is 0 Å². The number of hydrogen-bond donors (Lipinski definition) is 0. The predicted molar refractivity (Wildman–Crippen MR) is 256 cm³/mol. The van der Waals surface area contributed by atoms with Crippen molar-refractivity contribution in [1.82, 2.24) is 0 Å². The van der Waals surface area contributed by atoms with Crippen molar-refractivity contribution < 1.29 is 28.6 Å². The van der Waals surface area contributed by atoms with Gasteiger partial charge in [0.25, 0.3) is 0 Å². The van der Waals surface area contributed by atoms with Crippen LogP contribution in [0.3, 0.4) is 0 Å². The molecule has 0 saturated heterocycles. The monoisotopic (exact) mass is 829 g/mol. The summed E-state index contributed by atoms with van der Waals surface area (Å²) in [5.74, 6) is -0.987. The van der Waals surface area contributed by atoms with Crippen LogP contribution in [0.15, 0.2) is 122 Å². The second-order valence-electron chi connectivity index (χ2n) is 15.0. The molecule has 0 fully saturated rings. The highest BCUT2D eigenvalue weighted by molar-refractivity contribution is 5.71. The predicted octanol–water partition coefficient (Wildman–Crippen LogP) is 15.4. The van der Waals surface area contributed by atoms with Gasteiger partial charge in [-0.2, -0.15) is 0 Å². The van der Waals surface area contributed by atoms with E-state index in [9.17, 15) is 14.4 Å². The third-order valence-corrected chi connectivity index (χ3v) is 9.35. The second kappa shape index (κ2) is 47.5. The van der Waals surface area contributed by atoms with Gasteiger partial charge < -0.3 is 14.2 Å². The molecule has 336 valence electrons. The molecule has 0 radical (unpaired) electrons. The first kappa shape index (κ1) is 55.8. The highest BCUT2D eigenvalue weighted by atomic mass is 16.6. The summed E-state index contributed by atoms with van der Waals surface area (Å²) in [6, 6.07) is 0. The second-order valence-corrected chi connectivity index (χ2v) is 15.0. The minimum Gasteiger partial charge on any atom is -0.462 e. The molecule has 6 heteroatoms. The Labute approximate surface area is 367 Å². The first-order chi connectivity index (χ1) is 29.5. The Morgan fingerprint density at radius 1 is 0.350 bits per heavy atom. The van der Waals surface area contributed by atoms with Crippen LogP contribution in [0, 0.1) is 0 Å². The molecule has 0 rings (SSSR count). The zero-order valence-corrected chi connectivity index (χ0v) is 38.2. The van der Waals surface area contributed by atoms with E-state index >= 15 is 0 Å². The summed E-state index contributed by atoms with van der Waals surface area (Å²) in [6.45, 7) is 6.16. The minimum atomic E-state index is -0.811. The zero-order chi connectivity index (χ0) is 43.7. The normalized spacial score (nSPS) is 13.2. The van der Waals surface area contributed by atoms with Gasteiger partial charge in [0, 0.05) is 19.3 Å². The molecule has 0 aliphatic rings. The molecule has 0 amide bonds. The van der Waals surface area contributed by atoms with Crippen molar-refractivity contribution in [2.75, 3.05) is 13.2 Å². The highest BCUT2D eigenvalue weighted by Crippen LogP contribution is 2.12. The molecule has 0 aliphatic heterocycles. The van der Waals surface area contributed by atoms with Gasteiger partial charge >= 0.3 is 17.9 Å². The van der Waals surface area contributed by atoms with Crippen molar-refractivity contribution in [3.05, 3.63) is 122 Å². The van der Waals surface area contributed by atoms with E-state index in [1.807, 2.05) is 30.4 Å². The lowest BCUT2D eigenvalue weighted by molar-refractivity contribution is -0.167.